The molecule has 18 heavy (non-hydrogen) atoms. The summed E-state index contributed by atoms with van der Waals surface area (Å²) >= 11 is 3.59. The van der Waals surface area contributed by atoms with Gasteiger partial charge in [-0.1, -0.05) is 0 Å². The van der Waals surface area contributed by atoms with Crippen molar-refractivity contribution < 1.29 is 4.79 Å². The molecule has 3 heteroatoms. The van der Waals surface area contributed by atoms with Crippen molar-refractivity contribution in [2.75, 3.05) is 0 Å². The van der Waals surface area contributed by atoms with Crippen molar-refractivity contribution in [3.05, 3.63) is 64.1 Å². The second-order valence-corrected chi connectivity index (χ2v) is 7.15. The second kappa shape index (κ2) is 6.33. The molecule has 0 bridgehead atoms. The molecular weight excluding hydrogens is 355 g/mol. The average molecular weight is 368 g/mol. The van der Waals surface area contributed by atoms with E-state index >= 15 is 0 Å². The number of hydrogen-bond acceptors (Lipinski definition) is 1. The number of aryl methyl sites for hydroxylation is 1. The molecule has 0 aliphatic rings. The molecule has 0 unspecified atom stereocenters. The van der Waals surface area contributed by atoms with Gasteiger partial charge in [0.1, 0.15) is 0 Å². The Morgan fingerprint density at radius 2 is 1.67 bits per heavy atom. The zero-order chi connectivity index (χ0) is 13.0. The van der Waals surface area contributed by atoms with E-state index in [2.05, 4.69) is 47.1 Å². The van der Waals surface area contributed by atoms with Gasteiger partial charge < -0.3 is 0 Å². The summed E-state index contributed by atoms with van der Waals surface area (Å²) in [5.74, 6) is 0.225. The Kier molecular flexibility index (Phi) is 4.76. The van der Waals surface area contributed by atoms with Crippen LogP contribution in [0.5, 0.6) is 0 Å². The number of rotatable bonds is 4. The van der Waals surface area contributed by atoms with Gasteiger partial charge in [-0.15, -0.1) is 0 Å². The summed E-state index contributed by atoms with van der Waals surface area (Å²) in [5.41, 5.74) is 2.06. The molecule has 0 aromatic heterocycles. The topological polar surface area (TPSA) is 17.1 Å². The SMILES string of the molecule is Cc1ccc([Se]CC(=O)c2ccc(Br)cc2)cc1. The Labute approximate surface area is 122 Å². The van der Waals surface area contributed by atoms with Crippen LogP contribution >= 0.6 is 15.9 Å². The fourth-order valence-corrected chi connectivity index (χ4v) is 3.43. The monoisotopic (exact) mass is 368 g/mol. The third-order valence-electron chi connectivity index (χ3n) is 2.56. The molecule has 0 atom stereocenters. The molecule has 0 heterocycles. The van der Waals surface area contributed by atoms with Gasteiger partial charge in [-0.05, 0) is 0 Å². The van der Waals surface area contributed by atoms with Gasteiger partial charge in [0.05, 0.1) is 0 Å². The van der Waals surface area contributed by atoms with Gasteiger partial charge in [0.2, 0.25) is 0 Å². The van der Waals surface area contributed by atoms with Gasteiger partial charge in [-0.25, -0.2) is 0 Å². The Balaban J connectivity index is 1.96. The van der Waals surface area contributed by atoms with E-state index in [1.54, 1.807) is 0 Å². The fourth-order valence-electron chi connectivity index (χ4n) is 1.50. The van der Waals surface area contributed by atoms with E-state index in [1.165, 1.54) is 10.0 Å². The summed E-state index contributed by atoms with van der Waals surface area (Å²) in [6.07, 6.45) is 0. The number of hydrogen-bond donors (Lipinski definition) is 0. The standard InChI is InChI=1S/C15H13BrOSe/c1-11-2-8-14(9-3-11)18-10-15(17)12-4-6-13(16)7-5-12/h2-9H,10H2,1H3. The minimum absolute atomic E-state index is 0.220. The fraction of sp³-hybridized carbons (Fsp3) is 0.133. The van der Waals surface area contributed by atoms with E-state index < -0.39 is 0 Å². The predicted octanol–water partition coefficient (Wildman–Crippen LogP) is 3.39. The van der Waals surface area contributed by atoms with Crippen LogP contribution in [0, 0.1) is 6.92 Å². The minimum atomic E-state index is 0.220. The first-order chi connectivity index (χ1) is 8.65. The number of carbonyl (C=O) groups excluding carboxylic acids is 1. The van der Waals surface area contributed by atoms with Crippen molar-refractivity contribution in [2.24, 2.45) is 0 Å². The number of Topliss-reactive ketones (excluding diaryl/α,β-unsaturated/α-hetero) is 1. The molecule has 92 valence electrons. The van der Waals surface area contributed by atoms with Crippen LogP contribution in [0.15, 0.2) is 53.0 Å². The van der Waals surface area contributed by atoms with E-state index in [4.69, 9.17) is 0 Å². The maximum atomic E-state index is 12.0. The maximum absolute atomic E-state index is 12.0. The molecule has 2 aromatic rings. The molecule has 0 aliphatic heterocycles. The van der Waals surface area contributed by atoms with E-state index in [-0.39, 0.29) is 20.7 Å². The van der Waals surface area contributed by atoms with Crippen LogP contribution in [0.3, 0.4) is 0 Å². The van der Waals surface area contributed by atoms with Crippen molar-refractivity contribution in [2.45, 2.75) is 12.2 Å². The van der Waals surface area contributed by atoms with Gasteiger partial charge in [0.15, 0.2) is 0 Å². The first kappa shape index (κ1) is 13.5. The third kappa shape index (κ3) is 3.81. The second-order valence-electron chi connectivity index (χ2n) is 4.03. The van der Waals surface area contributed by atoms with Crippen LogP contribution in [-0.2, 0) is 0 Å². The molecule has 0 fully saturated rings. The molecular formula is C15H13BrOSe. The van der Waals surface area contributed by atoms with Crippen molar-refractivity contribution in [1.82, 2.24) is 0 Å². The zero-order valence-electron chi connectivity index (χ0n) is 10.0. The van der Waals surface area contributed by atoms with Crippen molar-refractivity contribution in [1.29, 1.82) is 0 Å². The van der Waals surface area contributed by atoms with Crippen LogP contribution in [0.25, 0.3) is 0 Å². The van der Waals surface area contributed by atoms with Crippen LogP contribution in [-0.4, -0.2) is 20.7 Å². The van der Waals surface area contributed by atoms with E-state index in [9.17, 15) is 4.79 Å². The molecule has 1 nitrogen and oxygen atoms in total. The van der Waals surface area contributed by atoms with E-state index in [1.807, 2.05) is 24.3 Å². The Morgan fingerprint density at radius 1 is 1.06 bits per heavy atom. The number of halogens is 1. The first-order valence-electron chi connectivity index (χ1n) is 5.63. The van der Waals surface area contributed by atoms with E-state index in [0.29, 0.717) is 5.32 Å². The quantitative estimate of drug-likeness (QED) is 0.598. The van der Waals surface area contributed by atoms with Crippen LogP contribution in [0.2, 0.25) is 5.32 Å². The molecule has 0 saturated carbocycles. The predicted molar refractivity (Wildman–Crippen MR) is 79.8 cm³/mol. The summed E-state index contributed by atoms with van der Waals surface area (Å²) in [4.78, 5) is 12.0. The van der Waals surface area contributed by atoms with Crippen LogP contribution < -0.4 is 4.46 Å². The first-order valence-corrected chi connectivity index (χ1v) is 8.49. The van der Waals surface area contributed by atoms with Gasteiger partial charge in [0, 0.05) is 0 Å². The summed E-state index contributed by atoms with van der Waals surface area (Å²) < 4.78 is 2.28. The third-order valence-corrected chi connectivity index (χ3v) is 5.21. The van der Waals surface area contributed by atoms with E-state index in [0.717, 1.165) is 10.0 Å². The Hall–Kier alpha value is -0.891. The Morgan fingerprint density at radius 3 is 2.28 bits per heavy atom. The van der Waals surface area contributed by atoms with Gasteiger partial charge in [-0.3, -0.25) is 0 Å². The molecule has 2 aromatic carbocycles. The van der Waals surface area contributed by atoms with Crippen molar-refractivity contribution >= 4 is 41.1 Å². The zero-order valence-corrected chi connectivity index (χ0v) is 13.3. The molecule has 0 N–H and O–H groups in total. The molecule has 0 saturated heterocycles. The normalized spacial score (nSPS) is 10.3. The van der Waals surface area contributed by atoms with Crippen LogP contribution in [0.4, 0.5) is 0 Å². The number of benzene rings is 2. The molecule has 2 rings (SSSR count). The molecule has 0 amide bonds. The van der Waals surface area contributed by atoms with Gasteiger partial charge in [0.25, 0.3) is 0 Å². The molecule has 0 radical (unpaired) electrons. The van der Waals surface area contributed by atoms with Crippen LogP contribution in [0.1, 0.15) is 15.9 Å². The average Bonchev–Trinajstić information content (AvgIpc) is 2.38. The summed E-state index contributed by atoms with van der Waals surface area (Å²) in [7, 11) is 0. The molecule has 0 aliphatic carbocycles. The van der Waals surface area contributed by atoms with Crippen molar-refractivity contribution in [3.63, 3.8) is 0 Å². The number of carbonyl (C=O) groups is 1. The summed E-state index contributed by atoms with van der Waals surface area (Å²) in [6, 6.07) is 16.0. The van der Waals surface area contributed by atoms with Gasteiger partial charge >= 0.3 is 122 Å². The molecule has 0 spiro atoms. The summed E-state index contributed by atoms with van der Waals surface area (Å²) in [6.45, 7) is 2.07. The number of ketones is 1. The van der Waals surface area contributed by atoms with Gasteiger partial charge in [-0.2, -0.15) is 0 Å². The van der Waals surface area contributed by atoms with Crippen molar-refractivity contribution in [3.8, 4) is 0 Å². The Bertz CT molecular complexity index is 531. The summed E-state index contributed by atoms with van der Waals surface area (Å²) in [5, 5.41) is 0.623.